The summed E-state index contributed by atoms with van der Waals surface area (Å²) in [6, 6.07) is 3.05. The Kier molecular flexibility index (Phi) is 4.45. The van der Waals surface area contributed by atoms with Gasteiger partial charge in [-0.3, -0.25) is 4.79 Å². The van der Waals surface area contributed by atoms with Crippen LogP contribution >= 0.6 is 0 Å². The Balaban J connectivity index is 2.01. The van der Waals surface area contributed by atoms with Crippen molar-refractivity contribution in [3.8, 4) is 0 Å². The molecule has 1 fully saturated rings. The van der Waals surface area contributed by atoms with Gasteiger partial charge in [0, 0.05) is 18.1 Å². The fourth-order valence-corrected chi connectivity index (χ4v) is 2.66. The zero-order valence-corrected chi connectivity index (χ0v) is 10.4. The lowest BCUT2D eigenvalue weighted by atomic mass is 9.92. The van der Waals surface area contributed by atoms with Gasteiger partial charge in [0.15, 0.2) is 5.78 Å². The Morgan fingerprint density at radius 2 is 1.56 bits per heavy atom. The number of rotatable bonds is 3. The van der Waals surface area contributed by atoms with E-state index in [1.807, 2.05) is 0 Å². The monoisotopic (exact) mass is 252 g/mol. The highest BCUT2D eigenvalue weighted by Crippen LogP contribution is 2.26. The molecule has 0 heterocycles. The van der Waals surface area contributed by atoms with Gasteiger partial charge in [-0.2, -0.15) is 0 Å². The summed E-state index contributed by atoms with van der Waals surface area (Å²) < 4.78 is 26.1. The van der Waals surface area contributed by atoms with Crippen LogP contribution in [0.15, 0.2) is 18.2 Å². The van der Waals surface area contributed by atoms with Crippen LogP contribution in [-0.4, -0.2) is 5.78 Å². The maximum Gasteiger partial charge on any atom is 0.163 e. The molecule has 1 aliphatic rings. The molecule has 0 spiro atoms. The minimum absolute atomic E-state index is 0.139. The third-order valence-electron chi connectivity index (χ3n) is 3.63. The van der Waals surface area contributed by atoms with Gasteiger partial charge in [-0.25, -0.2) is 8.78 Å². The number of carbonyl (C=O) groups is 1. The molecule has 0 N–H and O–H groups in total. The number of halogens is 2. The van der Waals surface area contributed by atoms with E-state index in [0.29, 0.717) is 12.3 Å². The Hall–Kier alpha value is -1.25. The van der Waals surface area contributed by atoms with Crippen LogP contribution in [0.25, 0.3) is 0 Å². The van der Waals surface area contributed by atoms with Crippen LogP contribution < -0.4 is 0 Å². The van der Waals surface area contributed by atoms with Crippen LogP contribution in [0.1, 0.15) is 55.3 Å². The Labute approximate surface area is 106 Å². The fourth-order valence-electron chi connectivity index (χ4n) is 2.66. The van der Waals surface area contributed by atoms with E-state index >= 15 is 0 Å². The van der Waals surface area contributed by atoms with Gasteiger partial charge in [0.2, 0.25) is 0 Å². The lowest BCUT2D eigenvalue weighted by Gasteiger charge is -2.12. The van der Waals surface area contributed by atoms with Crippen LogP contribution in [0, 0.1) is 17.6 Å². The molecule has 1 aliphatic carbocycles. The van der Waals surface area contributed by atoms with Crippen molar-refractivity contribution < 1.29 is 13.6 Å². The number of hydrogen-bond acceptors (Lipinski definition) is 1. The van der Waals surface area contributed by atoms with Crippen molar-refractivity contribution >= 4 is 5.78 Å². The Morgan fingerprint density at radius 1 is 1.00 bits per heavy atom. The molecule has 3 heteroatoms. The van der Waals surface area contributed by atoms with Crippen molar-refractivity contribution in [1.29, 1.82) is 0 Å². The average Bonchev–Trinajstić information content (AvgIpc) is 2.56. The van der Waals surface area contributed by atoms with Crippen molar-refractivity contribution in [2.24, 2.45) is 5.92 Å². The molecule has 1 aromatic carbocycles. The number of hydrogen-bond donors (Lipinski definition) is 0. The molecule has 0 saturated heterocycles. The summed E-state index contributed by atoms with van der Waals surface area (Å²) in [4.78, 5) is 12.0. The van der Waals surface area contributed by atoms with E-state index in [0.717, 1.165) is 43.9 Å². The van der Waals surface area contributed by atoms with Crippen molar-refractivity contribution in [2.45, 2.75) is 44.9 Å². The second kappa shape index (κ2) is 6.07. The summed E-state index contributed by atoms with van der Waals surface area (Å²) in [5, 5.41) is 0. The summed E-state index contributed by atoms with van der Waals surface area (Å²) in [7, 11) is 0. The van der Waals surface area contributed by atoms with Gasteiger partial charge >= 0.3 is 0 Å². The molecule has 1 nitrogen and oxygen atoms in total. The summed E-state index contributed by atoms with van der Waals surface area (Å²) in [6.45, 7) is 0. The standard InChI is InChI=1S/C15H18F2O/c16-13-8-12(9-14(17)10-13)15(18)7-11-5-3-1-2-4-6-11/h8-11H,1-7H2. The molecule has 98 valence electrons. The van der Waals surface area contributed by atoms with Crippen molar-refractivity contribution in [3.05, 3.63) is 35.4 Å². The highest BCUT2D eigenvalue weighted by molar-refractivity contribution is 5.96. The first-order valence-corrected chi connectivity index (χ1v) is 6.64. The third-order valence-corrected chi connectivity index (χ3v) is 3.63. The highest BCUT2D eigenvalue weighted by atomic mass is 19.1. The molecule has 1 saturated carbocycles. The Morgan fingerprint density at radius 3 is 2.11 bits per heavy atom. The van der Waals surface area contributed by atoms with E-state index in [9.17, 15) is 13.6 Å². The molecule has 0 bridgehead atoms. The van der Waals surface area contributed by atoms with Gasteiger partial charge in [-0.05, 0) is 18.1 Å². The van der Waals surface area contributed by atoms with E-state index in [1.165, 1.54) is 12.8 Å². The fraction of sp³-hybridized carbons (Fsp3) is 0.533. The number of Topliss-reactive ketones (excluding diaryl/α,β-unsaturated/α-hetero) is 1. The minimum atomic E-state index is -0.681. The lowest BCUT2D eigenvalue weighted by molar-refractivity contribution is 0.0956. The van der Waals surface area contributed by atoms with E-state index in [4.69, 9.17) is 0 Å². The summed E-state index contributed by atoms with van der Waals surface area (Å²) in [5.41, 5.74) is 0.164. The molecular formula is C15H18F2O. The molecular weight excluding hydrogens is 234 g/mol. The molecule has 18 heavy (non-hydrogen) atoms. The molecule has 0 radical (unpaired) electrons. The van der Waals surface area contributed by atoms with Gasteiger partial charge in [-0.15, -0.1) is 0 Å². The maximum absolute atomic E-state index is 13.0. The van der Waals surface area contributed by atoms with Crippen molar-refractivity contribution in [2.75, 3.05) is 0 Å². The second-order valence-electron chi connectivity index (χ2n) is 5.14. The van der Waals surface area contributed by atoms with Gasteiger partial charge in [-0.1, -0.05) is 38.5 Å². The molecule has 0 aromatic heterocycles. The molecule has 0 aliphatic heterocycles. The molecule has 0 amide bonds. The van der Waals surface area contributed by atoms with Crippen LogP contribution in [0.3, 0.4) is 0 Å². The van der Waals surface area contributed by atoms with Gasteiger partial charge < -0.3 is 0 Å². The van der Waals surface area contributed by atoms with Gasteiger partial charge in [0.05, 0.1) is 0 Å². The van der Waals surface area contributed by atoms with Gasteiger partial charge in [0.25, 0.3) is 0 Å². The highest BCUT2D eigenvalue weighted by Gasteiger charge is 2.18. The van der Waals surface area contributed by atoms with Crippen LogP contribution in [0.4, 0.5) is 8.78 Å². The van der Waals surface area contributed by atoms with Crippen LogP contribution in [-0.2, 0) is 0 Å². The van der Waals surface area contributed by atoms with Crippen molar-refractivity contribution in [1.82, 2.24) is 0 Å². The molecule has 2 rings (SSSR count). The zero-order valence-electron chi connectivity index (χ0n) is 10.4. The summed E-state index contributed by atoms with van der Waals surface area (Å²) in [6.07, 6.45) is 7.33. The normalized spacial score (nSPS) is 17.4. The SMILES string of the molecule is O=C(CC1CCCCCC1)c1cc(F)cc(F)c1. The second-order valence-corrected chi connectivity index (χ2v) is 5.14. The topological polar surface area (TPSA) is 17.1 Å². The number of benzene rings is 1. The first kappa shape index (κ1) is 13.2. The van der Waals surface area contributed by atoms with Gasteiger partial charge in [0.1, 0.15) is 11.6 Å². The molecule has 0 unspecified atom stereocenters. The first-order chi connectivity index (χ1) is 8.65. The summed E-state index contributed by atoms with van der Waals surface area (Å²) >= 11 is 0. The summed E-state index contributed by atoms with van der Waals surface area (Å²) in [5.74, 6) is -1.12. The van der Waals surface area contributed by atoms with Crippen LogP contribution in [0.5, 0.6) is 0 Å². The first-order valence-electron chi connectivity index (χ1n) is 6.64. The average molecular weight is 252 g/mol. The van der Waals surface area contributed by atoms with E-state index < -0.39 is 11.6 Å². The van der Waals surface area contributed by atoms with E-state index in [1.54, 1.807) is 0 Å². The number of ketones is 1. The van der Waals surface area contributed by atoms with Crippen LogP contribution in [0.2, 0.25) is 0 Å². The largest absolute Gasteiger partial charge is 0.294 e. The zero-order chi connectivity index (χ0) is 13.0. The minimum Gasteiger partial charge on any atom is -0.294 e. The molecule has 0 atom stereocenters. The Bertz CT molecular complexity index is 400. The predicted molar refractivity (Wildman–Crippen MR) is 66.5 cm³/mol. The van der Waals surface area contributed by atoms with Crippen molar-refractivity contribution in [3.63, 3.8) is 0 Å². The molecule has 1 aromatic rings. The van der Waals surface area contributed by atoms with E-state index in [-0.39, 0.29) is 11.3 Å². The number of carbonyl (C=O) groups excluding carboxylic acids is 1. The smallest absolute Gasteiger partial charge is 0.163 e. The lowest BCUT2D eigenvalue weighted by Crippen LogP contribution is -2.09. The third kappa shape index (κ3) is 3.62. The predicted octanol–water partition coefficient (Wildman–Crippen LogP) is 4.51. The maximum atomic E-state index is 13.0. The quantitative estimate of drug-likeness (QED) is 0.571. The van der Waals surface area contributed by atoms with E-state index in [2.05, 4.69) is 0 Å².